The molecule has 5 heteroatoms. The van der Waals surface area contributed by atoms with Crippen molar-refractivity contribution in [1.82, 2.24) is 9.62 Å². The van der Waals surface area contributed by atoms with Gasteiger partial charge in [-0.15, -0.1) is 0 Å². The van der Waals surface area contributed by atoms with Crippen molar-refractivity contribution in [3.63, 3.8) is 0 Å². The third kappa shape index (κ3) is 4.37. The van der Waals surface area contributed by atoms with Crippen LogP contribution in [-0.2, 0) is 10.0 Å². The highest BCUT2D eigenvalue weighted by atomic mass is 32.2. The molecule has 1 aliphatic heterocycles. The van der Waals surface area contributed by atoms with E-state index < -0.39 is 10.0 Å². The Morgan fingerprint density at radius 3 is 2.25 bits per heavy atom. The number of hydrogen-bond donors (Lipinski definition) is 1. The molecule has 1 N–H and O–H groups in total. The van der Waals surface area contributed by atoms with Gasteiger partial charge in [0.2, 0.25) is 10.0 Å². The van der Waals surface area contributed by atoms with E-state index in [2.05, 4.69) is 40.0 Å². The van der Waals surface area contributed by atoms with E-state index in [4.69, 9.17) is 0 Å². The molecule has 2 atom stereocenters. The van der Waals surface area contributed by atoms with Gasteiger partial charge in [-0.3, -0.25) is 4.90 Å². The van der Waals surface area contributed by atoms with Crippen molar-refractivity contribution in [3.05, 3.63) is 72.3 Å². The molecule has 0 aromatic heterocycles. The monoisotopic (exact) mass is 396 g/mol. The Labute approximate surface area is 168 Å². The molecule has 2 aromatic carbocycles. The number of rotatable bonds is 5. The minimum Gasteiger partial charge on any atom is -0.295 e. The van der Waals surface area contributed by atoms with E-state index in [1.807, 2.05) is 12.1 Å². The highest BCUT2D eigenvalue weighted by Gasteiger charge is 2.33. The van der Waals surface area contributed by atoms with Gasteiger partial charge in [0.05, 0.1) is 4.90 Å². The normalized spacial score (nSPS) is 23.9. The molecule has 0 saturated heterocycles. The first-order valence-corrected chi connectivity index (χ1v) is 11.7. The summed E-state index contributed by atoms with van der Waals surface area (Å²) < 4.78 is 28.7. The van der Waals surface area contributed by atoms with Crippen LogP contribution >= 0.6 is 0 Å². The summed E-state index contributed by atoms with van der Waals surface area (Å²) in [6.07, 6.45) is 7.53. The maximum absolute atomic E-state index is 12.8. The van der Waals surface area contributed by atoms with E-state index >= 15 is 0 Å². The van der Waals surface area contributed by atoms with E-state index in [1.165, 1.54) is 17.6 Å². The zero-order valence-electron chi connectivity index (χ0n) is 16.1. The van der Waals surface area contributed by atoms with E-state index in [1.54, 1.807) is 24.3 Å². The molecule has 2 aliphatic rings. The molecule has 1 saturated carbocycles. The predicted molar refractivity (Wildman–Crippen MR) is 113 cm³/mol. The summed E-state index contributed by atoms with van der Waals surface area (Å²) in [7, 11) is -3.48. The van der Waals surface area contributed by atoms with Gasteiger partial charge in [-0.05, 0) is 42.5 Å². The Morgan fingerprint density at radius 2 is 1.57 bits per heavy atom. The van der Waals surface area contributed by atoms with Crippen LogP contribution in [0, 0.1) is 0 Å². The fourth-order valence-electron chi connectivity index (χ4n) is 4.45. The maximum Gasteiger partial charge on any atom is 0.240 e. The van der Waals surface area contributed by atoms with Gasteiger partial charge in [0, 0.05) is 25.2 Å². The third-order valence-corrected chi connectivity index (χ3v) is 7.45. The van der Waals surface area contributed by atoms with Gasteiger partial charge in [-0.1, -0.05) is 67.4 Å². The number of hydrogen-bond acceptors (Lipinski definition) is 3. The molecule has 2 aromatic rings. The molecule has 0 radical (unpaired) electrons. The molecule has 0 spiro atoms. The Bertz CT molecular complexity index is 910. The predicted octanol–water partition coefficient (Wildman–Crippen LogP) is 4.07. The van der Waals surface area contributed by atoms with Crippen LogP contribution in [0.4, 0.5) is 0 Å². The second-order valence-electron chi connectivity index (χ2n) is 7.73. The van der Waals surface area contributed by atoms with Crippen molar-refractivity contribution in [2.24, 2.45) is 0 Å². The molecular formula is C23H28N2O2S. The van der Waals surface area contributed by atoms with Crippen molar-refractivity contribution in [1.29, 1.82) is 0 Å². The van der Waals surface area contributed by atoms with Gasteiger partial charge < -0.3 is 0 Å². The summed E-state index contributed by atoms with van der Waals surface area (Å²) in [5.74, 6) is 0. The first-order valence-electron chi connectivity index (χ1n) is 10.2. The molecule has 1 aliphatic carbocycles. The van der Waals surface area contributed by atoms with Crippen LogP contribution in [0.25, 0.3) is 5.57 Å². The lowest BCUT2D eigenvalue weighted by molar-refractivity contribution is 0.144. The average molecular weight is 397 g/mol. The largest absolute Gasteiger partial charge is 0.295 e. The van der Waals surface area contributed by atoms with Gasteiger partial charge in [-0.2, -0.15) is 0 Å². The number of nitrogens with one attached hydrogen (secondary N) is 1. The Balaban J connectivity index is 1.47. The first-order chi connectivity index (χ1) is 13.6. The number of sulfonamides is 1. The molecule has 28 heavy (non-hydrogen) atoms. The standard InChI is InChI=1S/C23H28N2O2S/c26-28(27,21-11-5-2-6-12-21)24-22-13-7-8-14-23(22)25-17-15-20(16-18-25)19-9-3-1-4-10-19/h1-6,9-12,15,22-24H,7-8,13-14,16-18H2/t22-,23+/m0/s1. The molecule has 1 fully saturated rings. The lowest BCUT2D eigenvalue weighted by Crippen LogP contribution is -2.54. The van der Waals surface area contributed by atoms with Crippen LogP contribution in [0.5, 0.6) is 0 Å². The summed E-state index contributed by atoms with van der Waals surface area (Å²) in [6.45, 7) is 1.87. The van der Waals surface area contributed by atoms with Crippen molar-refractivity contribution >= 4 is 15.6 Å². The zero-order valence-corrected chi connectivity index (χ0v) is 16.9. The van der Waals surface area contributed by atoms with Gasteiger partial charge in [-0.25, -0.2) is 13.1 Å². The topological polar surface area (TPSA) is 49.4 Å². The molecule has 0 amide bonds. The zero-order chi connectivity index (χ0) is 19.4. The first kappa shape index (κ1) is 19.4. The van der Waals surface area contributed by atoms with Crippen molar-refractivity contribution in [3.8, 4) is 0 Å². The van der Waals surface area contributed by atoms with Gasteiger partial charge in [0.1, 0.15) is 0 Å². The quantitative estimate of drug-likeness (QED) is 0.829. The van der Waals surface area contributed by atoms with E-state index in [0.29, 0.717) is 4.90 Å². The Morgan fingerprint density at radius 1 is 0.893 bits per heavy atom. The summed E-state index contributed by atoms with van der Waals surface area (Å²) in [4.78, 5) is 2.81. The SMILES string of the molecule is O=S(=O)(N[C@H]1CCCC[C@H]1N1CC=C(c2ccccc2)CC1)c1ccccc1. The summed E-state index contributed by atoms with van der Waals surface area (Å²) in [5.41, 5.74) is 2.70. The van der Waals surface area contributed by atoms with Crippen molar-refractivity contribution in [2.45, 2.75) is 49.1 Å². The molecule has 0 unspecified atom stereocenters. The van der Waals surface area contributed by atoms with Crippen LogP contribution in [0.1, 0.15) is 37.7 Å². The van der Waals surface area contributed by atoms with Crippen molar-refractivity contribution in [2.75, 3.05) is 13.1 Å². The Hall–Kier alpha value is -1.95. The minimum atomic E-state index is -3.48. The van der Waals surface area contributed by atoms with E-state index in [9.17, 15) is 8.42 Å². The molecule has 0 bridgehead atoms. The van der Waals surface area contributed by atoms with Crippen LogP contribution in [0.2, 0.25) is 0 Å². The number of nitrogens with zero attached hydrogens (tertiary/aromatic N) is 1. The van der Waals surface area contributed by atoms with Crippen LogP contribution in [0.15, 0.2) is 71.6 Å². The smallest absolute Gasteiger partial charge is 0.240 e. The fraction of sp³-hybridized carbons (Fsp3) is 0.391. The molecular weight excluding hydrogens is 368 g/mol. The second-order valence-corrected chi connectivity index (χ2v) is 9.45. The lowest BCUT2D eigenvalue weighted by Gasteiger charge is -2.41. The van der Waals surface area contributed by atoms with Gasteiger partial charge in [0.25, 0.3) is 0 Å². The van der Waals surface area contributed by atoms with Gasteiger partial charge in [0.15, 0.2) is 0 Å². The Kier molecular flexibility index (Phi) is 5.95. The molecule has 4 rings (SSSR count). The van der Waals surface area contributed by atoms with Crippen LogP contribution in [0.3, 0.4) is 0 Å². The molecule has 1 heterocycles. The summed E-state index contributed by atoms with van der Waals surface area (Å²) >= 11 is 0. The van der Waals surface area contributed by atoms with Gasteiger partial charge >= 0.3 is 0 Å². The van der Waals surface area contributed by atoms with Crippen LogP contribution in [-0.4, -0.2) is 38.5 Å². The molecule has 148 valence electrons. The van der Waals surface area contributed by atoms with E-state index in [-0.39, 0.29) is 12.1 Å². The van der Waals surface area contributed by atoms with Crippen molar-refractivity contribution < 1.29 is 8.42 Å². The average Bonchev–Trinajstić information content (AvgIpc) is 2.75. The fourth-order valence-corrected chi connectivity index (χ4v) is 5.78. The summed E-state index contributed by atoms with van der Waals surface area (Å²) in [6, 6.07) is 19.5. The van der Waals surface area contributed by atoms with Crippen LogP contribution < -0.4 is 4.72 Å². The third-order valence-electron chi connectivity index (χ3n) is 5.94. The molecule has 4 nitrogen and oxygen atoms in total. The lowest BCUT2D eigenvalue weighted by atomic mass is 9.88. The van der Waals surface area contributed by atoms with E-state index in [0.717, 1.165) is 38.8 Å². The second kappa shape index (κ2) is 8.60. The number of benzene rings is 2. The highest BCUT2D eigenvalue weighted by molar-refractivity contribution is 7.89. The maximum atomic E-state index is 12.8. The summed E-state index contributed by atoms with van der Waals surface area (Å²) in [5, 5.41) is 0. The minimum absolute atomic E-state index is 0.0226. The highest BCUT2D eigenvalue weighted by Crippen LogP contribution is 2.29.